The first-order valence-corrected chi connectivity index (χ1v) is 8.10. The molecule has 130 valence electrons. The van der Waals surface area contributed by atoms with Gasteiger partial charge in [-0.15, -0.1) is 0 Å². The maximum atomic E-state index is 13.0. The molecule has 0 spiro atoms. The van der Waals surface area contributed by atoms with Crippen molar-refractivity contribution in [3.05, 3.63) is 71.5 Å². The average Bonchev–Trinajstić information content (AvgIpc) is 2.64. The molecule has 1 aliphatic heterocycles. The molecule has 0 aliphatic carbocycles. The van der Waals surface area contributed by atoms with Crippen LogP contribution in [-0.2, 0) is 27.3 Å². The Morgan fingerprint density at radius 2 is 1.84 bits per heavy atom. The molecule has 1 aliphatic rings. The molecule has 2 aromatic carbocycles. The molecule has 1 fully saturated rings. The van der Waals surface area contributed by atoms with Gasteiger partial charge in [-0.05, 0) is 29.7 Å². The molecule has 1 amide bonds. The minimum atomic E-state index is -0.633. The van der Waals surface area contributed by atoms with Gasteiger partial charge >= 0.3 is 5.97 Å². The maximum Gasteiger partial charge on any atom is 0.323 e. The highest BCUT2D eigenvalue weighted by Gasteiger charge is 2.33. The van der Waals surface area contributed by atoms with Crippen LogP contribution in [0.3, 0.4) is 0 Å². The first kappa shape index (κ1) is 17.1. The lowest BCUT2D eigenvalue weighted by molar-refractivity contribution is -0.153. The number of cyclic esters (lactones) is 1. The third kappa shape index (κ3) is 4.64. The fraction of sp³-hybridized carbons (Fsp3) is 0.263. The number of hydrogen-bond acceptors (Lipinski definition) is 4. The molecule has 0 radical (unpaired) electrons. The molecule has 2 atom stereocenters. The Hall–Kier alpha value is -2.73. The number of carbonyl (C=O) groups excluding carboxylic acids is 2. The zero-order valence-electron chi connectivity index (χ0n) is 13.6. The van der Waals surface area contributed by atoms with E-state index in [4.69, 9.17) is 4.74 Å². The van der Waals surface area contributed by atoms with Crippen LogP contribution in [0.5, 0.6) is 0 Å². The largest absolute Gasteiger partial charge is 0.462 e. The minimum Gasteiger partial charge on any atom is -0.462 e. The molecule has 2 aromatic rings. The highest BCUT2D eigenvalue weighted by atomic mass is 19.1. The Morgan fingerprint density at radius 3 is 2.56 bits per heavy atom. The molecule has 3 rings (SSSR count). The van der Waals surface area contributed by atoms with E-state index in [9.17, 15) is 14.0 Å². The van der Waals surface area contributed by atoms with E-state index < -0.39 is 18.1 Å². The normalized spacial score (nSPS) is 20.0. The summed E-state index contributed by atoms with van der Waals surface area (Å²) in [7, 11) is 0. The van der Waals surface area contributed by atoms with Crippen molar-refractivity contribution in [1.82, 2.24) is 10.6 Å². The molecule has 0 unspecified atom stereocenters. The van der Waals surface area contributed by atoms with Crippen LogP contribution < -0.4 is 10.6 Å². The second kappa shape index (κ2) is 7.90. The van der Waals surface area contributed by atoms with Crippen molar-refractivity contribution >= 4 is 11.9 Å². The van der Waals surface area contributed by atoms with Gasteiger partial charge in [-0.3, -0.25) is 14.9 Å². The van der Waals surface area contributed by atoms with Gasteiger partial charge in [-0.25, -0.2) is 4.39 Å². The summed E-state index contributed by atoms with van der Waals surface area (Å²) in [5.74, 6) is -0.960. The number of halogens is 1. The molecule has 6 heteroatoms. The van der Waals surface area contributed by atoms with Crippen molar-refractivity contribution in [1.29, 1.82) is 0 Å². The molecular weight excluding hydrogens is 323 g/mol. The lowest BCUT2D eigenvalue weighted by Gasteiger charge is -2.29. The average molecular weight is 342 g/mol. The summed E-state index contributed by atoms with van der Waals surface area (Å²) in [5, 5.41) is 5.86. The Kier molecular flexibility index (Phi) is 5.40. The number of morpholine rings is 1. The van der Waals surface area contributed by atoms with E-state index >= 15 is 0 Å². The second-order valence-electron chi connectivity index (χ2n) is 5.94. The number of rotatable bonds is 5. The van der Waals surface area contributed by atoms with Crippen LogP contribution in [0.25, 0.3) is 0 Å². The summed E-state index contributed by atoms with van der Waals surface area (Å²) in [6, 6.07) is 14.2. The fourth-order valence-corrected chi connectivity index (χ4v) is 2.68. The summed E-state index contributed by atoms with van der Waals surface area (Å²) >= 11 is 0. The second-order valence-corrected chi connectivity index (χ2v) is 5.94. The van der Waals surface area contributed by atoms with Gasteiger partial charge < -0.3 is 10.1 Å². The quantitative estimate of drug-likeness (QED) is 0.810. The zero-order chi connectivity index (χ0) is 17.6. The van der Waals surface area contributed by atoms with Crippen LogP contribution in [-0.4, -0.2) is 30.6 Å². The van der Waals surface area contributed by atoms with Crippen molar-refractivity contribution in [2.45, 2.75) is 25.0 Å². The Morgan fingerprint density at radius 1 is 1.12 bits per heavy atom. The van der Waals surface area contributed by atoms with E-state index in [1.54, 1.807) is 12.1 Å². The summed E-state index contributed by atoms with van der Waals surface area (Å²) in [4.78, 5) is 24.2. The minimum absolute atomic E-state index is 0.000621. The molecule has 25 heavy (non-hydrogen) atoms. The summed E-state index contributed by atoms with van der Waals surface area (Å²) < 4.78 is 18.1. The Labute approximate surface area is 145 Å². The van der Waals surface area contributed by atoms with E-state index in [0.29, 0.717) is 13.0 Å². The van der Waals surface area contributed by atoms with Crippen LogP contribution in [0.1, 0.15) is 11.1 Å². The molecule has 5 nitrogen and oxygen atoms in total. The van der Waals surface area contributed by atoms with Crippen LogP contribution in [0, 0.1) is 5.82 Å². The smallest absolute Gasteiger partial charge is 0.323 e. The number of esters is 1. The SMILES string of the molecule is O=C(NCc1ccccc1)[C@@H]1COC(=O)[C@H](Cc2ccc(F)cc2)N1. The van der Waals surface area contributed by atoms with Gasteiger partial charge in [0, 0.05) is 6.54 Å². The van der Waals surface area contributed by atoms with Crippen molar-refractivity contribution in [2.24, 2.45) is 0 Å². The van der Waals surface area contributed by atoms with Crippen LogP contribution in [0.4, 0.5) is 4.39 Å². The van der Waals surface area contributed by atoms with Crippen molar-refractivity contribution in [3.63, 3.8) is 0 Å². The van der Waals surface area contributed by atoms with Crippen molar-refractivity contribution in [3.8, 4) is 0 Å². The van der Waals surface area contributed by atoms with Crippen LogP contribution >= 0.6 is 0 Å². The first-order valence-electron chi connectivity index (χ1n) is 8.10. The zero-order valence-corrected chi connectivity index (χ0v) is 13.6. The van der Waals surface area contributed by atoms with E-state index in [2.05, 4.69) is 10.6 Å². The van der Waals surface area contributed by atoms with E-state index in [1.165, 1.54) is 12.1 Å². The molecule has 1 heterocycles. The summed E-state index contributed by atoms with van der Waals surface area (Å²) in [6.07, 6.45) is 0.335. The number of ether oxygens (including phenoxy) is 1. The number of carbonyl (C=O) groups is 2. The number of hydrogen-bond donors (Lipinski definition) is 2. The highest BCUT2D eigenvalue weighted by molar-refractivity contribution is 5.85. The Bertz CT molecular complexity index is 734. The lowest BCUT2D eigenvalue weighted by Crippen LogP contribution is -2.58. The van der Waals surface area contributed by atoms with Gasteiger partial charge in [0.1, 0.15) is 24.5 Å². The van der Waals surface area contributed by atoms with E-state index in [0.717, 1.165) is 11.1 Å². The van der Waals surface area contributed by atoms with Gasteiger partial charge in [-0.1, -0.05) is 42.5 Å². The molecule has 0 aromatic heterocycles. The predicted molar refractivity (Wildman–Crippen MR) is 90.1 cm³/mol. The summed E-state index contributed by atoms with van der Waals surface area (Å²) in [6.45, 7) is 0.411. The van der Waals surface area contributed by atoms with Gasteiger partial charge in [0.25, 0.3) is 0 Å². The lowest BCUT2D eigenvalue weighted by atomic mass is 10.0. The number of benzene rings is 2. The number of amides is 1. The van der Waals surface area contributed by atoms with Gasteiger partial charge in [0.2, 0.25) is 5.91 Å². The third-order valence-corrected chi connectivity index (χ3v) is 4.06. The van der Waals surface area contributed by atoms with E-state index in [-0.39, 0.29) is 18.3 Å². The van der Waals surface area contributed by atoms with Gasteiger partial charge in [0.05, 0.1) is 0 Å². The molecular formula is C19H19FN2O3. The van der Waals surface area contributed by atoms with Crippen LogP contribution in [0.15, 0.2) is 54.6 Å². The monoisotopic (exact) mass is 342 g/mol. The standard InChI is InChI=1S/C19H19FN2O3/c20-15-8-6-13(7-9-15)10-16-19(24)25-12-17(22-16)18(23)21-11-14-4-2-1-3-5-14/h1-9,16-17,22H,10-12H2,(H,21,23)/t16-,17-/m0/s1. The number of nitrogens with one attached hydrogen (secondary N) is 2. The van der Waals surface area contributed by atoms with Crippen molar-refractivity contribution < 1.29 is 18.7 Å². The predicted octanol–water partition coefficient (Wildman–Crippen LogP) is 1.57. The topological polar surface area (TPSA) is 67.4 Å². The van der Waals surface area contributed by atoms with Gasteiger partial charge in [0.15, 0.2) is 0 Å². The van der Waals surface area contributed by atoms with Crippen molar-refractivity contribution in [2.75, 3.05) is 6.61 Å². The first-order chi connectivity index (χ1) is 12.1. The van der Waals surface area contributed by atoms with Crippen LogP contribution in [0.2, 0.25) is 0 Å². The van der Waals surface area contributed by atoms with Gasteiger partial charge in [-0.2, -0.15) is 0 Å². The third-order valence-electron chi connectivity index (χ3n) is 4.06. The fourth-order valence-electron chi connectivity index (χ4n) is 2.68. The molecule has 0 saturated carbocycles. The molecule has 1 saturated heterocycles. The molecule has 2 N–H and O–H groups in total. The van der Waals surface area contributed by atoms with E-state index in [1.807, 2.05) is 30.3 Å². The molecule has 0 bridgehead atoms. The highest BCUT2D eigenvalue weighted by Crippen LogP contribution is 2.11. The Balaban J connectivity index is 1.56. The summed E-state index contributed by atoms with van der Waals surface area (Å²) in [5.41, 5.74) is 1.78. The maximum absolute atomic E-state index is 13.0.